The van der Waals surface area contributed by atoms with Crippen LogP contribution in [0.5, 0.6) is 11.5 Å². The van der Waals surface area contributed by atoms with Gasteiger partial charge in [-0.2, -0.15) is 0 Å². The molecule has 0 fully saturated rings. The average molecular weight is 2010 g/mol. The Kier molecular flexibility index (Phi) is 32.9. The number of carboxylic acid groups (broad SMARTS) is 1. The van der Waals surface area contributed by atoms with Crippen LogP contribution in [0.1, 0.15) is 223 Å². The van der Waals surface area contributed by atoms with Crippen LogP contribution in [-0.4, -0.2) is 173 Å². The van der Waals surface area contributed by atoms with E-state index in [0.717, 1.165) is 71.7 Å². The van der Waals surface area contributed by atoms with Gasteiger partial charge in [0, 0.05) is 66.1 Å². The third-order valence-corrected chi connectivity index (χ3v) is 25.9. The Balaban J connectivity index is 0.000000174. The Morgan fingerprint density at radius 3 is 0.979 bits per heavy atom. The minimum absolute atomic E-state index is 0. The van der Waals surface area contributed by atoms with Crippen LogP contribution in [0, 0.1) is 13.8 Å². The van der Waals surface area contributed by atoms with Crippen molar-refractivity contribution in [3.8, 4) is 57.1 Å². The quantitative estimate of drug-likeness (QED) is 0.0370. The fraction of sp³-hybridized carbons (Fsp3) is 0.398. The predicted molar refractivity (Wildman–Crippen MR) is 544 cm³/mol. The number of carboxylic acids is 1. The summed E-state index contributed by atoms with van der Waals surface area (Å²) in [5.41, 5.74) is 11.7. The summed E-state index contributed by atoms with van der Waals surface area (Å²) in [4.78, 5) is 182. The van der Waals surface area contributed by atoms with Gasteiger partial charge in [0.1, 0.15) is 62.2 Å². The number of hydrogen-bond donors (Lipinski definition) is 8. The van der Waals surface area contributed by atoms with E-state index in [0.29, 0.717) is 105 Å². The molecule has 20 rings (SSSR count). The topological polar surface area (TPSA) is 522 Å². The second kappa shape index (κ2) is 43.2. The Morgan fingerprint density at radius 1 is 0.404 bits per heavy atom. The molecule has 146 heavy (non-hydrogen) atoms. The van der Waals surface area contributed by atoms with Crippen LogP contribution in [0.3, 0.4) is 0 Å². The number of phenols is 2. The molecule has 0 radical (unpaired) electrons. The maximum Gasteiger partial charge on any atom is 0.408 e. The number of aromatic nitrogens is 8. The summed E-state index contributed by atoms with van der Waals surface area (Å²) in [6.45, 7) is 30.4. The molecule has 8 aliphatic heterocycles. The number of benzene rings is 4. The monoisotopic (exact) mass is 2010 g/mol. The molecule has 0 bridgehead atoms. The highest BCUT2D eigenvalue weighted by Crippen LogP contribution is 2.47. The van der Waals surface area contributed by atoms with Gasteiger partial charge in [0.15, 0.2) is 11.2 Å². The zero-order chi connectivity index (χ0) is 103. The third-order valence-electron chi connectivity index (χ3n) is 25.9. The highest BCUT2D eigenvalue weighted by Gasteiger charge is 2.54. The maximum atomic E-state index is 13.6. The number of aromatic hydroxyl groups is 2. The number of fused-ring (bicyclic) bond motifs is 20. The predicted octanol–water partition coefficient (Wildman–Crippen LogP) is 13.4. The summed E-state index contributed by atoms with van der Waals surface area (Å²) in [5, 5.41) is 57.3. The maximum absolute atomic E-state index is 13.6. The lowest BCUT2D eigenvalue weighted by Gasteiger charge is -2.35. The van der Waals surface area contributed by atoms with Crippen molar-refractivity contribution in [2.24, 2.45) is 5.73 Å². The smallest absolute Gasteiger partial charge is 0.408 e. The lowest BCUT2D eigenvalue weighted by molar-refractivity contribution is -0.188. The molecule has 0 spiro atoms. The lowest BCUT2D eigenvalue weighted by atomic mass is 9.85. The Bertz CT molecular complexity index is 7330. The number of rotatable bonds is 14. The van der Waals surface area contributed by atoms with Gasteiger partial charge in [0.2, 0.25) is 11.2 Å². The van der Waals surface area contributed by atoms with Crippen LogP contribution in [0.15, 0.2) is 141 Å². The van der Waals surface area contributed by atoms with Crippen molar-refractivity contribution in [1.29, 1.82) is 0 Å². The lowest BCUT2D eigenvalue weighted by Crippen LogP contribution is -2.49. The van der Waals surface area contributed by atoms with Gasteiger partial charge in [-0.25, -0.2) is 48.7 Å². The molecule has 774 valence electrons. The van der Waals surface area contributed by atoms with Crippen molar-refractivity contribution in [2.45, 2.75) is 245 Å². The molecule has 12 aromatic rings. The van der Waals surface area contributed by atoms with E-state index in [4.69, 9.17) is 58.7 Å². The van der Waals surface area contributed by atoms with Crippen molar-refractivity contribution in [1.82, 2.24) is 53.7 Å². The van der Waals surface area contributed by atoms with Gasteiger partial charge in [-0.3, -0.25) is 33.6 Å². The molecule has 38 nitrogen and oxygen atoms in total. The van der Waals surface area contributed by atoms with Crippen molar-refractivity contribution < 1.29 is 107 Å². The van der Waals surface area contributed by atoms with E-state index < -0.39 is 107 Å². The standard InChI is InChI=1S/C28H29N3O7.C22H19N3O6.C21H18N2O4.C20H16N2O5.C7H13NO4.C6H15N.4CH4/c1-6-28(37-22(32)12-29-26(35)38-27(3,4)5)19-11-21-23-17(10-16-9-15(2)7-8-20(16)30-23)13-31(21)24(33)18(19)14-36-25(28)34;1-2-22(31-18(27)8-23)15-7-17-19-12(5-11-6-13(26)3-4-16(11)24-19)9-25(17)20(28)14(15)10-30-21(22)29;1-3-21(26)15-8-17-18-13(7-12-6-11(2)4-5-16(12)22-18)9-23(17)19(24)14(15)10-27-20(21)25;1-2-20(26)14-7-16-17-11(5-10-6-12(23)3-4-15(10)21-17)8-22(16)18(24)13(14)9-27-19(20)25;1-7(2,3)12-6(11)8-4-5(9)10;1-4-7(5-2)6-3;;;;/h7-11H,6,12-14H2,1-5H3,(H,29,35);3-7,26H,2,8-10,23H2,1H3;4-8,26H,3,9-10H2,1-2H3;3-7,23,26H,2,8-9H2,1H3;4H2,1-3H3,(H,8,11)(H,9,10);4-6H2,1-3H3;4*1H4/t28-;22-;21-;20-;;;;;;/m0000....../s1. The SMILES string of the molecule is C.C.C.C.CC(C)(C)OC(=O)NCC(=O)O.CCN(CC)CC.CC[C@@]1(O)C(=O)OCc2c1cc1n(c2=O)Cc2cc3cc(C)ccc3nc2-1.CC[C@@]1(O)C(=O)OCc2c1cc1n(c2=O)Cc2cc3cc(O)ccc3nc2-1.CC[C@@]1(OC(=O)CN)C(=O)OCc2c1cc1n(c2=O)Cc2cc3cc(O)ccc3nc2-1.CC[C@@]1(OC(=O)CNC(=O)OC(C)(C)C)C(=O)OCc2c1cc1n(c2=O)Cc2cc3cc(C)ccc3nc2-1. The number of esters is 6. The summed E-state index contributed by atoms with van der Waals surface area (Å²) < 4.78 is 48.2. The van der Waals surface area contributed by atoms with E-state index in [1.54, 1.807) is 148 Å². The number of aliphatic carboxylic acids is 1. The van der Waals surface area contributed by atoms with Gasteiger partial charge in [-0.05, 0) is 210 Å². The zero-order valence-corrected chi connectivity index (χ0v) is 81.2. The van der Waals surface area contributed by atoms with Gasteiger partial charge in [-0.1, -0.05) is 101 Å². The number of pyridine rings is 8. The van der Waals surface area contributed by atoms with Gasteiger partial charge < -0.3 is 103 Å². The first-order valence-corrected chi connectivity index (χ1v) is 46.6. The highest BCUT2D eigenvalue weighted by molar-refractivity contribution is 5.94. The fourth-order valence-corrected chi connectivity index (χ4v) is 18.5. The molecule has 9 N–H and O–H groups in total. The summed E-state index contributed by atoms with van der Waals surface area (Å²) in [5.74, 6) is -5.40. The number of carbonyl (C=O) groups excluding carboxylic acids is 8. The van der Waals surface area contributed by atoms with E-state index in [2.05, 4.69) is 58.4 Å². The van der Waals surface area contributed by atoms with Gasteiger partial charge >= 0.3 is 54.0 Å². The molecular formula is C108H126N12O26. The molecule has 38 heteroatoms. The molecule has 8 aliphatic rings. The number of hydrogen-bond acceptors (Lipinski definition) is 31. The normalized spacial score (nSPS) is 17.4. The summed E-state index contributed by atoms with van der Waals surface area (Å²) in [6, 6.07) is 36.4. The fourth-order valence-electron chi connectivity index (χ4n) is 18.5. The van der Waals surface area contributed by atoms with E-state index in [1.807, 2.05) is 62.4 Å². The van der Waals surface area contributed by atoms with Crippen LogP contribution in [-0.2, 0) is 146 Å². The number of nitrogens with one attached hydrogen (secondary N) is 2. The molecule has 8 aromatic heterocycles. The van der Waals surface area contributed by atoms with Crippen LogP contribution in [0.4, 0.5) is 9.59 Å². The van der Waals surface area contributed by atoms with Crippen LogP contribution in [0.25, 0.3) is 89.2 Å². The molecule has 0 aliphatic carbocycles. The largest absolute Gasteiger partial charge is 0.508 e. The number of alkyl carbamates (subject to hydrolysis) is 2. The Morgan fingerprint density at radius 2 is 0.692 bits per heavy atom. The summed E-state index contributed by atoms with van der Waals surface area (Å²) in [7, 11) is 0. The van der Waals surface area contributed by atoms with Crippen molar-refractivity contribution in [2.75, 3.05) is 39.3 Å². The van der Waals surface area contributed by atoms with E-state index in [9.17, 15) is 82.8 Å². The van der Waals surface area contributed by atoms with E-state index in [1.165, 1.54) is 19.6 Å². The summed E-state index contributed by atoms with van der Waals surface area (Å²) >= 11 is 0. The Labute approximate surface area is 841 Å². The van der Waals surface area contributed by atoms with E-state index in [-0.39, 0.29) is 132 Å². The number of cyclic esters (lactones) is 4. The molecule has 0 saturated heterocycles. The van der Waals surface area contributed by atoms with E-state index >= 15 is 0 Å². The summed E-state index contributed by atoms with van der Waals surface area (Å²) in [6.07, 6.45) is -1.15. The molecule has 2 amide bonds. The second-order valence-electron chi connectivity index (χ2n) is 37.4. The van der Waals surface area contributed by atoms with Crippen molar-refractivity contribution in [3.63, 3.8) is 0 Å². The number of carbonyl (C=O) groups is 9. The Hall–Kier alpha value is -15.4. The van der Waals surface area contributed by atoms with Crippen LogP contribution < -0.4 is 38.6 Å². The number of aryl methyl sites for hydroxylation is 2. The number of phenolic OH excluding ortho intramolecular Hbond substituents is 2. The average Bonchev–Trinajstić information content (AvgIpc) is 1.46. The first kappa shape index (κ1) is 111. The first-order chi connectivity index (χ1) is 67.3. The van der Waals surface area contributed by atoms with Crippen molar-refractivity contribution in [3.05, 3.63) is 241 Å². The van der Waals surface area contributed by atoms with Crippen molar-refractivity contribution >= 4 is 97.6 Å². The van der Waals surface area contributed by atoms with Crippen LogP contribution in [0.2, 0.25) is 0 Å². The number of nitrogens with zero attached hydrogens (tertiary/aromatic N) is 9. The molecule has 0 unspecified atom stereocenters. The zero-order valence-electron chi connectivity index (χ0n) is 81.2. The highest BCUT2D eigenvalue weighted by atomic mass is 16.6. The molecule has 0 saturated carbocycles. The van der Waals surface area contributed by atoms with Crippen LogP contribution >= 0.6 is 0 Å². The minimum atomic E-state index is -1.84. The number of ether oxygens (including phenoxy) is 8. The number of aliphatic hydroxyl groups is 2. The van der Waals surface area contributed by atoms with Gasteiger partial charge in [0.05, 0.1) is 123 Å². The van der Waals surface area contributed by atoms with Gasteiger partial charge in [0.25, 0.3) is 22.2 Å². The molecule has 4 atom stereocenters. The number of amides is 2. The molecular weight excluding hydrogens is 1880 g/mol. The number of nitrogens with two attached hydrogens (primary N) is 1. The second-order valence-corrected chi connectivity index (χ2v) is 37.4. The van der Waals surface area contributed by atoms with Gasteiger partial charge in [-0.15, -0.1) is 0 Å². The minimum Gasteiger partial charge on any atom is -0.508 e. The third kappa shape index (κ3) is 21.2. The molecule has 16 heterocycles. The molecule has 4 aromatic carbocycles. The first-order valence-electron chi connectivity index (χ1n) is 46.6.